The highest BCUT2D eigenvalue weighted by Crippen LogP contribution is 2.32. The number of piperidine rings is 1. The Kier molecular flexibility index (Phi) is 3.95. The number of nitrogens with zero attached hydrogens (tertiary/aromatic N) is 1. The second-order valence-electron chi connectivity index (χ2n) is 6.18. The molecule has 1 saturated heterocycles. The molecule has 1 aromatic carbocycles. The zero-order valence-electron chi connectivity index (χ0n) is 13.4. The van der Waals surface area contributed by atoms with Crippen LogP contribution in [-0.4, -0.2) is 34.6 Å². The number of carbonyl (C=O) groups is 4. The van der Waals surface area contributed by atoms with Crippen LogP contribution in [0.4, 0.5) is 4.39 Å². The Labute approximate surface area is 139 Å². The normalized spacial score (nSPS) is 21.8. The number of benzene rings is 1. The molecule has 0 aromatic heterocycles. The summed E-state index contributed by atoms with van der Waals surface area (Å²) in [6.45, 7) is 3.74. The summed E-state index contributed by atoms with van der Waals surface area (Å²) < 4.78 is 14.3. The van der Waals surface area contributed by atoms with E-state index in [4.69, 9.17) is 0 Å². The first-order valence-electron chi connectivity index (χ1n) is 7.90. The number of rotatable bonds is 3. The molecule has 2 aliphatic rings. The van der Waals surface area contributed by atoms with Gasteiger partial charge < -0.3 is 0 Å². The van der Waals surface area contributed by atoms with E-state index in [1.54, 1.807) is 0 Å². The number of carbonyl (C=O) groups excluding carboxylic acids is 4. The molecule has 4 amide bonds. The lowest BCUT2D eigenvalue weighted by Crippen LogP contribution is -2.54. The fourth-order valence-electron chi connectivity index (χ4n) is 3.10. The van der Waals surface area contributed by atoms with Gasteiger partial charge in [-0.25, -0.2) is 4.39 Å². The van der Waals surface area contributed by atoms with E-state index in [-0.39, 0.29) is 31.3 Å². The maximum Gasteiger partial charge on any atom is 0.262 e. The van der Waals surface area contributed by atoms with Crippen LogP contribution in [0.25, 0.3) is 0 Å². The minimum absolute atomic E-state index is 0. The van der Waals surface area contributed by atoms with Gasteiger partial charge in [0.25, 0.3) is 11.8 Å². The third kappa shape index (κ3) is 2.40. The molecule has 0 saturated carbocycles. The molecule has 0 aliphatic carbocycles. The van der Waals surface area contributed by atoms with Crippen LogP contribution in [-0.2, 0) is 9.59 Å². The van der Waals surface area contributed by atoms with Crippen LogP contribution in [0.1, 0.15) is 66.7 Å². The maximum atomic E-state index is 14.3. The molecule has 7 heteroatoms. The number of hydrogen-bond acceptors (Lipinski definition) is 4. The average Bonchev–Trinajstić information content (AvgIpc) is 2.77. The van der Waals surface area contributed by atoms with Gasteiger partial charge in [0.1, 0.15) is 11.9 Å². The second-order valence-corrected chi connectivity index (χ2v) is 6.18. The highest BCUT2D eigenvalue weighted by atomic mass is 19.1. The third-order valence-electron chi connectivity index (χ3n) is 4.70. The zero-order valence-corrected chi connectivity index (χ0v) is 13.4. The van der Waals surface area contributed by atoms with E-state index in [1.807, 2.05) is 13.8 Å². The summed E-state index contributed by atoms with van der Waals surface area (Å²) >= 11 is 0. The van der Waals surface area contributed by atoms with Crippen molar-refractivity contribution in [1.29, 1.82) is 0 Å². The summed E-state index contributed by atoms with van der Waals surface area (Å²) in [7, 11) is 0. The molecule has 24 heavy (non-hydrogen) atoms. The summed E-state index contributed by atoms with van der Waals surface area (Å²) in [5.41, 5.74) is 0.457. The zero-order chi connectivity index (χ0) is 17.6. The Balaban J connectivity index is 0.00000225. The maximum absolute atomic E-state index is 14.3. The first-order chi connectivity index (χ1) is 11.3. The van der Waals surface area contributed by atoms with Crippen LogP contribution in [0.2, 0.25) is 0 Å². The quantitative estimate of drug-likeness (QED) is 0.857. The number of fused-ring (bicyclic) bond motifs is 1. The van der Waals surface area contributed by atoms with Gasteiger partial charge in [0.2, 0.25) is 11.8 Å². The van der Waals surface area contributed by atoms with E-state index in [9.17, 15) is 23.6 Å². The van der Waals surface area contributed by atoms with E-state index in [1.165, 1.54) is 6.07 Å². The van der Waals surface area contributed by atoms with Gasteiger partial charge in [-0.1, -0.05) is 13.8 Å². The van der Waals surface area contributed by atoms with Crippen molar-refractivity contribution >= 4 is 23.6 Å². The van der Waals surface area contributed by atoms with Gasteiger partial charge in [-0.2, -0.15) is 0 Å². The fourth-order valence-corrected chi connectivity index (χ4v) is 3.10. The smallest absolute Gasteiger partial charge is 0.262 e. The molecular formula is C17H19FN2O4. The van der Waals surface area contributed by atoms with Gasteiger partial charge in [0.15, 0.2) is 0 Å². The molecule has 0 radical (unpaired) electrons. The molecule has 2 atom stereocenters. The molecule has 1 aromatic rings. The summed E-state index contributed by atoms with van der Waals surface area (Å²) in [4.78, 5) is 49.2. The second kappa shape index (κ2) is 5.81. The van der Waals surface area contributed by atoms with Gasteiger partial charge in [0, 0.05) is 7.85 Å². The summed E-state index contributed by atoms with van der Waals surface area (Å²) in [5, 5.41) is 2.13. The van der Waals surface area contributed by atoms with Crippen molar-refractivity contribution in [2.75, 3.05) is 0 Å². The van der Waals surface area contributed by atoms with E-state index in [2.05, 4.69) is 5.32 Å². The average molecular weight is 334 g/mol. The number of nitrogens with one attached hydrogen (secondary N) is 1. The van der Waals surface area contributed by atoms with Crippen molar-refractivity contribution in [1.82, 2.24) is 10.2 Å². The molecule has 2 unspecified atom stereocenters. The van der Waals surface area contributed by atoms with Crippen molar-refractivity contribution in [3.8, 4) is 0 Å². The van der Waals surface area contributed by atoms with E-state index in [0.717, 1.165) is 11.0 Å². The Morgan fingerprint density at radius 3 is 2.46 bits per heavy atom. The first-order valence-corrected chi connectivity index (χ1v) is 7.90. The minimum atomic E-state index is -1.04. The molecule has 0 bridgehead atoms. The standard InChI is InChI=1S/C17H17FN2O4.H2/c1-3-8(2)9-6-10-11(7-12(9)18)17(24)20(16(10)23)13-4-5-14(21)19-15(13)22;/h6-8,13H,3-5H2,1-2H3,(H,19,21,22);1H. The lowest BCUT2D eigenvalue weighted by molar-refractivity contribution is -0.136. The number of imide groups is 2. The lowest BCUT2D eigenvalue weighted by atomic mass is 9.94. The largest absolute Gasteiger partial charge is 0.295 e. The van der Waals surface area contributed by atoms with Crippen LogP contribution in [0.15, 0.2) is 12.1 Å². The van der Waals surface area contributed by atoms with Gasteiger partial charge in [-0.15, -0.1) is 0 Å². The van der Waals surface area contributed by atoms with Gasteiger partial charge in [0.05, 0.1) is 11.1 Å². The first kappa shape index (κ1) is 16.3. The van der Waals surface area contributed by atoms with Gasteiger partial charge >= 0.3 is 0 Å². The molecule has 0 spiro atoms. The van der Waals surface area contributed by atoms with Gasteiger partial charge in [-0.05, 0) is 36.5 Å². The number of hydrogen-bond donors (Lipinski definition) is 1. The Hall–Kier alpha value is -2.57. The lowest BCUT2D eigenvalue weighted by Gasteiger charge is -2.27. The van der Waals surface area contributed by atoms with Gasteiger partial charge in [-0.3, -0.25) is 29.4 Å². The highest BCUT2D eigenvalue weighted by Gasteiger charge is 2.45. The van der Waals surface area contributed by atoms with Crippen LogP contribution in [0.5, 0.6) is 0 Å². The molecule has 128 valence electrons. The molecule has 2 heterocycles. The van der Waals surface area contributed by atoms with E-state index in [0.29, 0.717) is 12.0 Å². The van der Waals surface area contributed by atoms with Crippen molar-refractivity contribution in [3.05, 3.63) is 34.6 Å². The Bertz CT molecular complexity index is 780. The van der Waals surface area contributed by atoms with Crippen molar-refractivity contribution in [2.24, 2.45) is 0 Å². The predicted octanol–water partition coefficient (Wildman–Crippen LogP) is 1.99. The SMILES string of the molecule is CCC(C)c1cc2c(cc1F)C(=O)N(C1CCC(=O)NC1=O)C2=O.[HH]. The fraction of sp³-hybridized carbons (Fsp3) is 0.412. The number of amides is 4. The third-order valence-corrected chi connectivity index (χ3v) is 4.70. The van der Waals surface area contributed by atoms with E-state index >= 15 is 0 Å². The molecule has 2 aliphatic heterocycles. The molecule has 6 nitrogen and oxygen atoms in total. The topological polar surface area (TPSA) is 83.6 Å². The van der Waals surface area contributed by atoms with Crippen molar-refractivity contribution in [3.63, 3.8) is 0 Å². The van der Waals surface area contributed by atoms with Crippen molar-refractivity contribution < 1.29 is 25.0 Å². The highest BCUT2D eigenvalue weighted by molar-refractivity contribution is 6.23. The van der Waals surface area contributed by atoms with Crippen molar-refractivity contribution in [2.45, 2.75) is 45.1 Å². The number of halogens is 1. The van der Waals surface area contributed by atoms with E-state index < -0.39 is 35.5 Å². The van der Waals surface area contributed by atoms with Crippen LogP contribution in [0, 0.1) is 5.82 Å². The van der Waals surface area contributed by atoms with Crippen LogP contribution >= 0.6 is 0 Å². The molecular weight excluding hydrogens is 315 g/mol. The molecule has 1 N–H and O–H groups in total. The molecule has 1 fully saturated rings. The predicted molar refractivity (Wildman–Crippen MR) is 83.9 cm³/mol. The van der Waals surface area contributed by atoms with Crippen LogP contribution in [0.3, 0.4) is 0 Å². The Morgan fingerprint density at radius 1 is 1.25 bits per heavy atom. The minimum Gasteiger partial charge on any atom is -0.295 e. The monoisotopic (exact) mass is 334 g/mol. The summed E-state index contributed by atoms with van der Waals surface area (Å²) in [5.74, 6) is -3.05. The van der Waals surface area contributed by atoms with Crippen LogP contribution < -0.4 is 5.32 Å². The summed E-state index contributed by atoms with van der Waals surface area (Å²) in [6, 6.07) is 1.44. The Morgan fingerprint density at radius 2 is 1.88 bits per heavy atom. The summed E-state index contributed by atoms with van der Waals surface area (Å²) in [6.07, 6.45) is 0.821. The molecule has 3 rings (SSSR count).